The lowest BCUT2D eigenvalue weighted by Gasteiger charge is -2.45. The molecule has 0 spiro atoms. The molecule has 6 aliphatic rings. The van der Waals surface area contributed by atoms with Gasteiger partial charge >= 0.3 is 0 Å². The Bertz CT molecular complexity index is 2750. The summed E-state index contributed by atoms with van der Waals surface area (Å²) in [5, 5.41) is 4.94. The monoisotopic (exact) mass is 711 g/mol. The molecule has 2 atom stereocenters. The standard InChI is InChI=1S/C53H45NO/c1-2-12-42-33(8-1)10-6-14-43(42)35-24-28-40(29-25-35)54(41-30-26-36(27-31-41)44-15-7-16-46-45-13-3-4-17-49(45)55-53(44)46)52-50-38-11-5-9-34(18-21-38)47(50)32-48-37-19-22-39(23-20-37)51(48)52/h1-4,6-8,10,12-17,24-32,34,37-39H,5,9,11,18-23H2. The van der Waals surface area contributed by atoms with Crippen LogP contribution in [-0.4, -0.2) is 0 Å². The van der Waals surface area contributed by atoms with Crippen LogP contribution in [0.2, 0.25) is 0 Å². The molecule has 14 rings (SSSR count). The number of furan rings is 1. The van der Waals surface area contributed by atoms with Gasteiger partial charge in [-0.1, -0.05) is 116 Å². The average molecular weight is 712 g/mol. The van der Waals surface area contributed by atoms with Crippen molar-refractivity contribution in [1.82, 2.24) is 0 Å². The summed E-state index contributed by atoms with van der Waals surface area (Å²) in [7, 11) is 0. The van der Waals surface area contributed by atoms with Crippen molar-refractivity contribution in [2.45, 2.75) is 81.5 Å². The summed E-state index contributed by atoms with van der Waals surface area (Å²) < 4.78 is 6.51. The van der Waals surface area contributed by atoms with Crippen LogP contribution in [0.1, 0.15) is 104 Å². The first-order valence-electron chi connectivity index (χ1n) is 20.9. The highest BCUT2D eigenvalue weighted by Gasteiger charge is 2.42. The van der Waals surface area contributed by atoms with E-state index in [2.05, 4.69) is 144 Å². The van der Waals surface area contributed by atoms with Crippen LogP contribution in [0.25, 0.3) is 55.0 Å². The second-order valence-electron chi connectivity index (χ2n) is 16.9. The van der Waals surface area contributed by atoms with Crippen molar-refractivity contribution in [3.05, 3.63) is 162 Å². The zero-order chi connectivity index (χ0) is 36.0. The topological polar surface area (TPSA) is 16.4 Å². The minimum atomic E-state index is 0.636. The van der Waals surface area contributed by atoms with Crippen molar-refractivity contribution >= 4 is 49.8 Å². The number of rotatable bonds is 5. The molecule has 0 aliphatic heterocycles. The number of fused-ring (bicyclic) bond motifs is 9. The van der Waals surface area contributed by atoms with Gasteiger partial charge in [-0.05, 0) is 155 Å². The molecule has 0 saturated heterocycles. The van der Waals surface area contributed by atoms with Crippen molar-refractivity contribution in [3.8, 4) is 22.3 Å². The van der Waals surface area contributed by atoms with Gasteiger partial charge in [0, 0.05) is 27.7 Å². The molecule has 2 saturated carbocycles. The SMILES string of the molecule is c1ccc2c(-c3ccc(N(c4ccc(-c5cccc6c5oc5ccccc56)cc4)c4c5c(cc6c4C4CCC6CC4)C4CCCC5CC4)cc3)cccc2c1. The van der Waals surface area contributed by atoms with E-state index in [1.807, 2.05) is 0 Å². The molecular weight excluding hydrogens is 667 g/mol. The first kappa shape index (κ1) is 31.7. The van der Waals surface area contributed by atoms with E-state index >= 15 is 0 Å². The van der Waals surface area contributed by atoms with Crippen LogP contribution in [0.15, 0.2) is 144 Å². The highest BCUT2D eigenvalue weighted by Crippen LogP contribution is 2.61. The van der Waals surface area contributed by atoms with Gasteiger partial charge in [-0.25, -0.2) is 0 Å². The first-order valence-corrected chi connectivity index (χ1v) is 20.9. The second-order valence-corrected chi connectivity index (χ2v) is 16.9. The third kappa shape index (κ3) is 4.93. The fraction of sp³-hybridized carbons (Fsp3) is 0.245. The van der Waals surface area contributed by atoms with Crippen molar-refractivity contribution in [3.63, 3.8) is 0 Å². The Morgan fingerprint density at radius 3 is 1.71 bits per heavy atom. The van der Waals surface area contributed by atoms with Gasteiger partial charge in [0.1, 0.15) is 11.2 Å². The van der Waals surface area contributed by atoms with E-state index in [1.54, 1.807) is 27.9 Å². The predicted molar refractivity (Wildman–Crippen MR) is 229 cm³/mol. The van der Waals surface area contributed by atoms with Crippen molar-refractivity contribution in [1.29, 1.82) is 0 Å². The summed E-state index contributed by atoms with van der Waals surface area (Å²) in [6.07, 6.45) is 12.0. The maximum atomic E-state index is 6.51. The third-order valence-electron chi connectivity index (χ3n) is 14.1. The minimum Gasteiger partial charge on any atom is -0.455 e. The summed E-state index contributed by atoms with van der Waals surface area (Å²) in [5.41, 5.74) is 17.6. The number of nitrogens with zero attached hydrogens (tertiary/aromatic N) is 1. The van der Waals surface area contributed by atoms with Gasteiger partial charge in [-0.2, -0.15) is 0 Å². The van der Waals surface area contributed by atoms with E-state index in [0.29, 0.717) is 23.7 Å². The normalized spacial score (nSPS) is 21.2. The predicted octanol–water partition coefficient (Wildman–Crippen LogP) is 15.4. The Morgan fingerprint density at radius 2 is 0.964 bits per heavy atom. The van der Waals surface area contributed by atoms with E-state index in [9.17, 15) is 0 Å². The molecule has 2 heteroatoms. The fourth-order valence-electron chi connectivity index (χ4n) is 11.5. The molecule has 7 aromatic carbocycles. The molecule has 1 heterocycles. The van der Waals surface area contributed by atoms with Gasteiger partial charge < -0.3 is 9.32 Å². The van der Waals surface area contributed by atoms with Gasteiger partial charge in [-0.15, -0.1) is 0 Å². The molecule has 4 bridgehead atoms. The lowest BCUT2D eigenvalue weighted by molar-refractivity contribution is 0.357. The van der Waals surface area contributed by atoms with Crippen LogP contribution in [-0.2, 0) is 0 Å². The van der Waals surface area contributed by atoms with Crippen molar-refractivity contribution < 1.29 is 4.42 Å². The zero-order valence-corrected chi connectivity index (χ0v) is 31.3. The molecule has 6 aliphatic carbocycles. The van der Waals surface area contributed by atoms with E-state index in [0.717, 1.165) is 16.7 Å². The molecule has 8 aromatic rings. The van der Waals surface area contributed by atoms with Crippen molar-refractivity contribution in [2.24, 2.45) is 0 Å². The Kier molecular flexibility index (Phi) is 7.19. The van der Waals surface area contributed by atoms with E-state index < -0.39 is 0 Å². The van der Waals surface area contributed by atoms with E-state index in [-0.39, 0.29) is 0 Å². The van der Waals surface area contributed by atoms with Crippen LogP contribution < -0.4 is 4.90 Å². The highest BCUT2D eigenvalue weighted by molar-refractivity contribution is 6.09. The van der Waals surface area contributed by atoms with Gasteiger partial charge in [0.05, 0.1) is 5.69 Å². The zero-order valence-electron chi connectivity index (χ0n) is 31.3. The van der Waals surface area contributed by atoms with Gasteiger partial charge in [0.15, 0.2) is 0 Å². The molecular formula is C53H45NO. The molecule has 0 radical (unpaired) electrons. The number of hydrogen-bond acceptors (Lipinski definition) is 2. The van der Waals surface area contributed by atoms with Crippen LogP contribution >= 0.6 is 0 Å². The van der Waals surface area contributed by atoms with E-state index in [1.165, 1.54) is 107 Å². The Labute approximate surface area is 323 Å². The van der Waals surface area contributed by atoms with Gasteiger partial charge in [0.25, 0.3) is 0 Å². The smallest absolute Gasteiger partial charge is 0.143 e. The van der Waals surface area contributed by atoms with Crippen LogP contribution in [0, 0.1) is 0 Å². The summed E-state index contributed by atoms with van der Waals surface area (Å²) in [5.74, 6) is 2.68. The molecule has 2 nitrogen and oxygen atoms in total. The van der Waals surface area contributed by atoms with Gasteiger partial charge in [-0.3, -0.25) is 0 Å². The number of benzene rings is 7. The summed E-state index contributed by atoms with van der Waals surface area (Å²) in [6, 6.07) is 52.2. The first-order chi connectivity index (χ1) is 27.3. The second kappa shape index (κ2) is 12.5. The Hall–Kier alpha value is -5.60. The number of para-hydroxylation sites is 2. The lowest BCUT2D eigenvalue weighted by Crippen LogP contribution is -2.28. The van der Waals surface area contributed by atoms with Gasteiger partial charge in [0.2, 0.25) is 0 Å². The Morgan fingerprint density at radius 1 is 0.436 bits per heavy atom. The summed E-state index contributed by atoms with van der Waals surface area (Å²) >= 11 is 0. The summed E-state index contributed by atoms with van der Waals surface area (Å²) in [4.78, 5) is 2.71. The average Bonchev–Trinajstić information content (AvgIpc) is 3.35. The summed E-state index contributed by atoms with van der Waals surface area (Å²) in [6.45, 7) is 0. The molecule has 55 heavy (non-hydrogen) atoms. The maximum absolute atomic E-state index is 6.51. The molecule has 268 valence electrons. The minimum absolute atomic E-state index is 0.636. The third-order valence-corrected chi connectivity index (χ3v) is 14.1. The van der Waals surface area contributed by atoms with E-state index in [4.69, 9.17) is 4.42 Å². The lowest BCUT2D eigenvalue weighted by atomic mass is 9.63. The van der Waals surface area contributed by atoms with Crippen LogP contribution in [0.3, 0.4) is 0 Å². The van der Waals surface area contributed by atoms with Crippen molar-refractivity contribution in [2.75, 3.05) is 4.90 Å². The molecule has 0 N–H and O–H groups in total. The molecule has 2 unspecified atom stereocenters. The Balaban J connectivity index is 1.06. The molecule has 2 fully saturated rings. The molecule has 1 aromatic heterocycles. The largest absolute Gasteiger partial charge is 0.455 e. The number of hydrogen-bond donors (Lipinski definition) is 0. The molecule has 0 amide bonds. The van der Waals surface area contributed by atoms with Crippen LogP contribution in [0.5, 0.6) is 0 Å². The maximum Gasteiger partial charge on any atom is 0.143 e. The number of anilines is 3. The fourth-order valence-corrected chi connectivity index (χ4v) is 11.5. The quantitative estimate of drug-likeness (QED) is 0.177. The van der Waals surface area contributed by atoms with Crippen LogP contribution in [0.4, 0.5) is 17.1 Å². The highest BCUT2D eigenvalue weighted by atomic mass is 16.3.